The fourth-order valence-electron chi connectivity index (χ4n) is 6.48. The predicted molar refractivity (Wildman–Crippen MR) is 133 cm³/mol. The standard InChI is InChI=1S/C30H33NO3/c32-25-9-5-8-22(16-25)29(33)19-31-23-14-15-24(31)18-26(17-23)34-30-27-10-3-1-6-20(27)12-13-21-7-2-4-11-28(21)30/h1-11,16,23-24,26,29-30,32-33H,12-15,17-19H2/t23-,24+,26?,29?. The molecule has 176 valence electrons. The second-order valence-electron chi connectivity index (χ2n) is 10.2. The third-order valence-corrected chi connectivity index (χ3v) is 8.15. The average Bonchev–Trinajstić information content (AvgIpc) is 3.02. The van der Waals surface area contributed by atoms with Gasteiger partial charge in [0.1, 0.15) is 11.9 Å². The van der Waals surface area contributed by atoms with Crippen LogP contribution in [0.15, 0.2) is 72.8 Å². The number of hydrogen-bond acceptors (Lipinski definition) is 4. The molecule has 2 N–H and O–H groups in total. The molecule has 0 saturated carbocycles. The Morgan fingerprint density at radius 1 is 0.824 bits per heavy atom. The van der Waals surface area contributed by atoms with E-state index >= 15 is 0 Å². The molecule has 2 fully saturated rings. The van der Waals surface area contributed by atoms with Crippen molar-refractivity contribution in [1.82, 2.24) is 4.90 Å². The van der Waals surface area contributed by atoms with Gasteiger partial charge in [-0.3, -0.25) is 4.90 Å². The largest absolute Gasteiger partial charge is 0.508 e. The lowest BCUT2D eigenvalue weighted by Crippen LogP contribution is -2.47. The summed E-state index contributed by atoms with van der Waals surface area (Å²) in [5.41, 5.74) is 6.23. The van der Waals surface area contributed by atoms with Crippen molar-refractivity contribution in [2.24, 2.45) is 0 Å². The highest BCUT2D eigenvalue weighted by Crippen LogP contribution is 2.42. The van der Waals surface area contributed by atoms with E-state index in [0.717, 1.165) is 44.1 Å². The molecule has 4 nitrogen and oxygen atoms in total. The van der Waals surface area contributed by atoms with Gasteiger partial charge in [-0.1, -0.05) is 60.7 Å². The van der Waals surface area contributed by atoms with E-state index < -0.39 is 6.10 Å². The molecule has 0 radical (unpaired) electrons. The lowest BCUT2D eigenvalue weighted by molar-refractivity contribution is -0.0561. The molecule has 2 bridgehead atoms. The monoisotopic (exact) mass is 455 g/mol. The highest BCUT2D eigenvalue weighted by Gasteiger charge is 2.43. The van der Waals surface area contributed by atoms with Gasteiger partial charge in [-0.05, 0) is 78.5 Å². The summed E-state index contributed by atoms with van der Waals surface area (Å²) in [6, 6.07) is 25.4. The number of phenolic OH excluding ortho intramolecular Hbond substituents is 1. The van der Waals surface area contributed by atoms with Crippen LogP contribution >= 0.6 is 0 Å². The van der Waals surface area contributed by atoms with Crippen molar-refractivity contribution >= 4 is 0 Å². The maximum atomic E-state index is 10.9. The minimum absolute atomic E-state index is 0.0104. The van der Waals surface area contributed by atoms with Crippen molar-refractivity contribution in [3.05, 3.63) is 101 Å². The maximum Gasteiger partial charge on any atom is 0.115 e. The molecule has 3 aliphatic rings. The lowest BCUT2D eigenvalue weighted by atomic mass is 9.94. The predicted octanol–water partition coefficient (Wildman–Crippen LogP) is 5.33. The van der Waals surface area contributed by atoms with Gasteiger partial charge in [0.15, 0.2) is 0 Å². The number of aryl methyl sites for hydroxylation is 2. The molecular formula is C30H33NO3. The molecule has 2 heterocycles. The van der Waals surface area contributed by atoms with E-state index in [-0.39, 0.29) is 18.0 Å². The van der Waals surface area contributed by atoms with Crippen molar-refractivity contribution in [2.75, 3.05) is 6.54 Å². The first-order chi connectivity index (χ1) is 16.7. The van der Waals surface area contributed by atoms with Crippen LogP contribution in [0.1, 0.15) is 65.7 Å². The van der Waals surface area contributed by atoms with Gasteiger partial charge in [0.05, 0.1) is 12.2 Å². The lowest BCUT2D eigenvalue weighted by Gasteiger charge is -2.41. The zero-order chi connectivity index (χ0) is 23.1. The molecule has 0 aromatic heterocycles. The van der Waals surface area contributed by atoms with Gasteiger partial charge >= 0.3 is 0 Å². The summed E-state index contributed by atoms with van der Waals surface area (Å²) >= 11 is 0. The topological polar surface area (TPSA) is 52.9 Å². The van der Waals surface area contributed by atoms with Crippen LogP contribution in [-0.2, 0) is 17.6 Å². The Kier molecular flexibility index (Phi) is 5.90. The van der Waals surface area contributed by atoms with E-state index in [9.17, 15) is 10.2 Å². The molecule has 2 aliphatic heterocycles. The maximum absolute atomic E-state index is 10.9. The van der Waals surface area contributed by atoms with E-state index in [0.29, 0.717) is 18.6 Å². The normalized spacial score (nSPS) is 25.4. The number of aliphatic hydroxyl groups is 1. The first-order valence-corrected chi connectivity index (χ1v) is 12.7. The first kappa shape index (κ1) is 21.8. The summed E-state index contributed by atoms with van der Waals surface area (Å²) in [6.45, 7) is 0.612. The van der Waals surface area contributed by atoms with Crippen LogP contribution in [0.4, 0.5) is 0 Å². The third-order valence-electron chi connectivity index (χ3n) is 8.15. The Morgan fingerprint density at radius 2 is 1.44 bits per heavy atom. The van der Waals surface area contributed by atoms with E-state index in [4.69, 9.17) is 4.74 Å². The molecule has 2 unspecified atom stereocenters. The number of rotatable bonds is 5. The smallest absolute Gasteiger partial charge is 0.115 e. The number of ether oxygens (including phenoxy) is 1. The number of aliphatic hydroxyl groups excluding tert-OH is 1. The molecule has 6 rings (SSSR count). The Balaban J connectivity index is 1.20. The fourth-order valence-corrected chi connectivity index (χ4v) is 6.48. The van der Waals surface area contributed by atoms with Crippen LogP contribution < -0.4 is 0 Å². The van der Waals surface area contributed by atoms with Gasteiger partial charge in [-0.2, -0.15) is 0 Å². The van der Waals surface area contributed by atoms with E-state index in [1.807, 2.05) is 6.07 Å². The number of piperidine rings is 1. The number of aromatic hydroxyl groups is 1. The fraction of sp³-hybridized carbons (Fsp3) is 0.400. The number of benzene rings is 3. The molecule has 0 spiro atoms. The SMILES string of the molecule is Oc1cccc(C(O)CN2[C@@H]3CC[C@H]2CC(OC2c4ccccc4CCc4ccccc42)C3)c1. The molecule has 34 heavy (non-hydrogen) atoms. The van der Waals surface area contributed by atoms with E-state index in [2.05, 4.69) is 53.4 Å². The third kappa shape index (κ3) is 4.15. The van der Waals surface area contributed by atoms with Crippen LogP contribution in [0, 0.1) is 0 Å². The average molecular weight is 456 g/mol. The van der Waals surface area contributed by atoms with E-state index in [1.165, 1.54) is 22.3 Å². The zero-order valence-electron chi connectivity index (χ0n) is 19.5. The second-order valence-corrected chi connectivity index (χ2v) is 10.2. The summed E-state index contributed by atoms with van der Waals surface area (Å²) in [6.07, 6.45) is 6.07. The number of fused-ring (bicyclic) bond motifs is 4. The molecule has 4 atom stereocenters. The second kappa shape index (κ2) is 9.18. The van der Waals surface area contributed by atoms with Crippen molar-refractivity contribution in [3.63, 3.8) is 0 Å². The minimum atomic E-state index is -0.590. The molecular weight excluding hydrogens is 422 g/mol. The number of nitrogens with zero attached hydrogens (tertiary/aromatic N) is 1. The summed E-state index contributed by atoms with van der Waals surface area (Å²) in [5.74, 6) is 0.204. The van der Waals surface area contributed by atoms with Crippen LogP contribution in [0.25, 0.3) is 0 Å². The minimum Gasteiger partial charge on any atom is -0.508 e. The molecule has 4 heteroatoms. The van der Waals surface area contributed by atoms with Crippen molar-refractivity contribution in [3.8, 4) is 5.75 Å². The summed E-state index contributed by atoms with van der Waals surface area (Å²) < 4.78 is 6.98. The highest BCUT2D eigenvalue weighted by atomic mass is 16.5. The van der Waals surface area contributed by atoms with E-state index in [1.54, 1.807) is 18.2 Å². The number of hydrogen-bond donors (Lipinski definition) is 2. The molecule has 2 saturated heterocycles. The first-order valence-electron chi connectivity index (χ1n) is 12.7. The van der Waals surface area contributed by atoms with Gasteiger partial charge in [0.25, 0.3) is 0 Å². The highest BCUT2D eigenvalue weighted by molar-refractivity contribution is 5.43. The molecule has 1 aliphatic carbocycles. The quantitative estimate of drug-likeness (QED) is 0.546. The zero-order valence-corrected chi connectivity index (χ0v) is 19.5. The molecule has 3 aromatic rings. The Bertz CT molecular complexity index is 1100. The van der Waals surface area contributed by atoms with Crippen LogP contribution in [0.5, 0.6) is 5.75 Å². The molecule has 3 aromatic carbocycles. The number of phenols is 1. The summed E-state index contributed by atoms with van der Waals surface area (Å²) in [4.78, 5) is 2.49. The Labute approximate surface area is 201 Å². The summed E-state index contributed by atoms with van der Waals surface area (Å²) in [7, 11) is 0. The van der Waals surface area contributed by atoms with Gasteiger partial charge < -0.3 is 14.9 Å². The van der Waals surface area contributed by atoms with Crippen LogP contribution in [0.3, 0.4) is 0 Å². The van der Waals surface area contributed by atoms with Crippen molar-refractivity contribution < 1.29 is 14.9 Å². The Morgan fingerprint density at radius 3 is 2.06 bits per heavy atom. The van der Waals surface area contributed by atoms with Gasteiger partial charge in [-0.25, -0.2) is 0 Å². The molecule has 0 amide bonds. The van der Waals surface area contributed by atoms with Gasteiger partial charge in [0.2, 0.25) is 0 Å². The van der Waals surface area contributed by atoms with Crippen molar-refractivity contribution in [1.29, 1.82) is 0 Å². The van der Waals surface area contributed by atoms with Gasteiger partial charge in [-0.15, -0.1) is 0 Å². The van der Waals surface area contributed by atoms with Gasteiger partial charge in [0, 0.05) is 18.6 Å². The van der Waals surface area contributed by atoms with Crippen LogP contribution in [0.2, 0.25) is 0 Å². The summed E-state index contributed by atoms with van der Waals surface area (Å²) in [5, 5.41) is 20.6. The Hall–Kier alpha value is -2.66. The van der Waals surface area contributed by atoms with Crippen molar-refractivity contribution in [2.45, 2.75) is 68.9 Å². The van der Waals surface area contributed by atoms with Crippen LogP contribution in [-0.4, -0.2) is 39.8 Å².